The molecule has 0 unspecified atom stereocenters. The Morgan fingerprint density at radius 1 is 1.48 bits per heavy atom. The largest absolute Gasteiger partial charge is 0.510 e. The molecule has 1 aliphatic heterocycles. The standard InChI is InChI=1S/C14H11BrF3NO3S/c1-2-22-13(21)11-10(20)6-23-12(11)19-7-3-4-9(15)8(5-7)14(16,17)18/h3-5,20H,2,6H2,1H3. The van der Waals surface area contributed by atoms with Gasteiger partial charge in [0.15, 0.2) is 0 Å². The Balaban J connectivity index is 2.41. The van der Waals surface area contributed by atoms with E-state index >= 15 is 0 Å². The molecule has 1 heterocycles. The number of nitrogens with zero attached hydrogens (tertiary/aromatic N) is 1. The van der Waals surface area contributed by atoms with Gasteiger partial charge >= 0.3 is 12.1 Å². The van der Waals surface area contributed by atoms with Crippen molar-refractivity contribution in [3.05, 3.63) is 39.6 Å². The maximum atomic E-state index is 12.9. The first-order valence-electron chi connectivity index (χ1n) is 6.42. The van der Waals surface area contributed by atoms with Gasteiger partial charge in [-0.1, -0.05) is 27.7 Å². The number of halogens is 4. The lowest BCUT2D eigenvalue weighted by atomic mass is 10.2. The SMILES string of the molecule is CCOC(=O)C1=C(O)CSC1=Nc1ccc(Br)c(C(F)(F)F)c1. The number of carbonyl (C=O) groups is 1. The van der Waals surface area contributed by atoms with Crippen LogP contribution in [0.15, 0.2) is 39.0 Å². The first-order chi connectivity index (χ1) is 10.7. The van der Waals surface area contributed by atoms with E-state index in [1.54, 1.807) is 6.92 Å². The molecule has 0 aromatic heterocycles. The molecular formula is C14H11BrF3NO3S. The molecular weight excluding hydrogens is 399 g/mol. The van der Waals surface area contributed by atoms with Gasteiger partial charge in [0.05, 0.1) is 23.6 Å². The average molecular weight is 410 g/mol. The maximum absolute atomic E-state index is 12.9. The minimum Gasteiger partial charge on any atom is -0.510 e. The van der Waals surface area contributed by atoms with Crippen LogP contribution >= 0.6 is 27.7 Å². The Kier molecular flexibility index (Phi) is 5.41. The Labute approximate surface area is 142 Å². The number of hydrogen-bond donors (Lipinski definition) is 1. The Morgan fingerprint density at radius 3 is 2.78 bits per heavy atom. The molecule has 1 aromatic rings. The van der Waals surface area contributed by atoms with E-state index in [1.807, 2.05) is 0 Å². The molecule has 0 saturated heterocycles. The summed E-state index contributed by atoms with van der Waals surface area (Å²) in [7, 11) is 0. The topological polar surface area (TPSA) is 58.9 Å². The van der Waals surface area contributed by atoms with E-state index in [-0.39, 0.29) is 38.9 Å². The second-order valence-electron chi connectivity index (χ2n) is 4.41. The number of aliphatic hydroxyl groups is 1. The molecule has 1 aliphatic rings. The van der Waals surface area contributed by atoms with Gasteiger partial charge in [0.2, 0.25) is 0 Å². The number of carbonyl (C=O) groups excluding carboxylic acids is 1. The molecule has 0 amide bonds. The second-order valence-corrected chi connectivity index (χ2v) is 6.23. The molecule has 2 rings (SSSR count). The van der Waals surface area contributed by atoms with Crippen LogP contribution in [0, 0.1) is 0 Å². The summed E-state index contributed by atoms with van der Waals surface area (Å²) >= 11 is 3.90. The quantitative estimate of drug-likeness (QED) is 0.739. The summed E-state index contributed by atoms with van der Waals surface area (Å²) in [6, 6.07) is 3.48. The Bertz CT molecular complexity index is 701. The van der Waals surface area contributed by atoms with Crippen molar-refractivity contribution >= 4 is 44.4 Å². The summed E-state index contributed by atoms with van der Waals surface area (Å²) in [4.78, 5) is 15.9. The van der Waals surface area contributed by atoms with Crippen molar-refractivity contribution in [2.45, 2.75) is 13.1 Å². The van der Waals surface area contributed by atoms with Crippen LogP contribution in [0.3, 0.4) is 0 Å². The van der Waals surface area contributed by atoms with Gasteiger partial charge in [-0.15, -0.1) is 0 Å². The van der Waals surface area contributed by atoms with Crippen LogP contribution < -0.4 is 0 Å². The van der Waals surface area contributed by atoms with Crippen LogP contribution in [0.2, 0.25) is 0 Å². The van der Waals surface area contributed by atoms with Crippen molar-refractivity contribution in [3.63, 3.8) is 0 Å². The van der Waals surface area contributed by atoms with E-state index in [9.17, 15) is 23.1 Å². The Hall–Kier alpha value is -1.48. The van der Waals surface area contributed by atoms with Gasteiger partial charge in [-0.25, -0.2) is 9.79 Å². The van der Waals surface area contributed by atoms with Crippen molar-refractivity contribution in [1.82, 2.24) is 0 Å². The van der Waals surface area contributed by atoms with E-state index < -0.39 is 17.7 Å². The van der Waals surface area contributed by atoms with Crippen LogP contribution in [0.5, 0.6) is 0 Å². The van der Waals surface area contributed by atoms with Gasteiger partial charge in [0.25, 0.3) is 0 Å². The molecule has 23 heavy (non-hydrogen) atoms. The molecule has 0 atom stereocenters. The molecule has 124 valence electrons. The summed E-state index contributed by atoms with van der Waals surface area (Å²) in [5.41, 5.74) is -0.943. The highest BCUT2D eigenvalue weighted by Crippen LogP contribution is 2.38. The van der Waals surface area contributed by atoms with Crippen molar-refractivity contribution in [2.24, 2.45) is 4.99 Å². The minimum absolute atomic E-state index is 0.0273. The summed E-state index contributed by atoms with van der Waals surface area (Å²) in [6.45, 7) is 1.73. The first-order valence-corrected chi connectivity index (χ1v) is 8.19. The monoisotopic (exact) mass is 409 g/mol. The van der Waals surface area contributed by atoms with E-state index in [0.717, 1.165) is 17.8 Å². The number of esters is 1. The van der Waals surface area contributed by atoms with E-state index in [4.69, 9.17) is 4.74 Å². The number of benzene rings is 1. The molecule has 0 radical (unpaired) electrons. The lowest BCUT2D eigenvalue weighted by molar-refractivity contribution is -0.139. The molecule has 0 spiro atoms. The zero-order valence-corrected chi connectivity index (χ0v) is 14.2. The van der Waals surface area contributed by atoms with Gasteiger partial charge < -0.3 is 9.84 Å². The van der Waals surface area contributed by atoms with Crippen molar-refractivity contribution < 1.29 is 27.8 Å². The van der Waals surface area contributed by atoms with E-state index in [0.29, 0.717) is 0 Å². The normalized spacial score (nSPS) is 17.0. The summed E-state index contributed by atoms with van der Waals surface area (Å²) < 4.78 is 43.4. The zero-order valence-electron chi connectivity index (χ0n) is 11.8. The highest BCUT2D eigenvalue weighted by molar-refractivity contribution is 9.10. The number of rotatable bonds is 3. The fourth-order valence-electron chi connectivity index (χ4n) is 1.82. The second kappa shape index (κ2) is 6.96. The number of aliphatic imine (C=N–C) groups is 1. The lowest BCUT2D eigenvalue weighted by Crippen LogP contribution is -2.13. The van der Waals surface area contributed by atoms with Crippen molar-refractivity contribution in [1.29, 1.82) is 0 Å². The predicted molar refractivity (Wildman–Crippen MR) is 85.0 cm³/mol. The van der Waals surface area contributed by atoms with Crippen LogP contribution in [-0.2, 0) is 15.7 Å². The number of thioether (sulfide) groups is 1. The third kappa shape index (κ3) is 4.08. The highest BCUT2D eigenvalue weighted by Gasteiger charge is 2.34. The fraction of sp³-hybridized carbons (Fsp3) is 0.286. The van der Waals surface area contributed by atoms with E-state index in [2.05, 4.69) is 20.9 Å². The molecule has 1 N–H and O–H groups in total. The zero-order chi connectivity index (χ0) is 17.2. The fourth-order valence-corrected chi connectivity index (χ4v) is 3.22. The third-order valence-electron chi connectivity index (χ3n) is 2.81. The average Bonchev–Trinajstić information content (AvgIpc) is 2.81. The summed E-state index contributed by atoms with van der Waals surface area (Å²) in [5, 5.41) is 9.89. The molecule has 0 fully saturated rings. The van der Waals surface area contributed by atoms with Gasteiger partial charge in [0.1, 0.15) is 16.4 Å². The number of ether oxygens (including phenoxy) is 1. The minimum atomic E-state index is -4.53. The van der Waals surface area contributed by atoms with Gasteiger partial charge in [-0.05, 0) is 25.1 Å². The van der Waals surface area contributed by atoms with Gasteiger partial charge in [-0.2, -0.15) is 13.2 Å². The van der Waals surface area contributed by atoms with Crippen molar-refractivity contribution in [3.8, 4) is 0 Å². The van der Waals surface area contributed by atoms with Crippen LogP contribution in [0.4, 0.5) is 18.9 Å². The van der Waals surface area contributed by atoms with Gasteiger partial charge in [0, 0.05) is 4.47 Å². The van der Waals surface area contributed by atoms with E-state index in [1.165, 1.54) is 12.1 Å². The molecule has 0 bridgehead atoms. The van der Waals surface area contributed by atoms with Crippen molar-refractivity contribution in [2.75, 3.05) is 12.4 Å². The third-order valence-corrected chi connectivity index (χ3v) is 4.49. The van der Waals surface area contributed by atoms with Crippen LogP contribution in [0.1, 0.15) is 12.5 Å². The first kappa shape index (κ1) is 17.9. The van der Waals surface area contributed by atoms with Crippen LogP contribution in [0.25, 0.3) is 0 Å². The summed E-state index contributed by atoms with van der Waals surface area (Å²) in [5.74, 6) is -0.822. The number of aliphatic hydroxyl groups excluding tert-OH is 1. The predicted octanol–water partition coefficient (Wildman–Crippen LogP) is 4.62. The Morgan fingerprint density at radius 2 is 2.17 bits per heavy atom. The number of alkyl halides is 3. The van der Waals surface area contributed by atoms with Crippen LogP contribution in [-0.4, -0.2) is 28.5 Å². The summed E-state index contributed by atoms with van der Waals surface area (Å²) in [6.07, 6.45) is -4.53. The highest BCUT2D eigenvalue weighted by atomic mass is 79.9. The molecule has 4 nitrogen and oxygen atoms in total. The molecule has 0 aliphatic carbocycles. The molecule has 9 heteroatoms. The lowest BCUT2D eigenvalue weighted by Gasteiger charge is -2.10. The molecule has 1 aromatic carbocycles. The maximum Gasteiger partial charge on any atom is 0.417 e. The molecule has 0 saturated carbocycles. The number of hydrogen-bond acceptors (Lipinski definition) is 5. The smallest absolute Gasteiger partial charge is 0.417 e. The van der Waals surface area contributed by atoms with Gasteiger partial charge in [-0.3, -0.25) is 0 Å².